The molecule has 1 saturated heterocycles. The maximum Gasteiger partial charge on any atom is 0.327 e. The van der Waals surface area contributed by atoms with Crippen molar-refractivity contribution in [3.05, 3.63) is 52.5 Å². The summed E-state index contributed by atoms with van der Waals surface area (Å²) in [5.41, 5.74) is 7.91. The summed E-state index contributed by atoms with van der Waals surface area (Å²) < 4.78 is 15.1. The van der Waals surface area contributed by atoms with Crippen LogP contribution in [0.1, 0.15) is 50.2 Å². The first-order chi connectivity index (χ1) is 19.4. The first-order valence-corrected chi connectivity index (χ1v) is 15.3. The first-order valence-electron chi connectivity index (χ1n) is 14.1. The molecule has 2 aromatic carbocycles. The largest absolute Gasteiger partial charge is 0.490 e. The number of benzene rings is 2. The first kappa shape index (κ1) is 30.3. The van der Waals surface area contributed by atoms with Gasteiger partial charge in [0.05, 0.1) is 12.3 Å². The highest BCUT2D eigenvalue weighted by Crippen LogP contribution is 2.46. The Kier molecular flexibility index (Phi) is 10.9. The molecule has 0 saturated carbocycles. The Morgan fingerprint density at radius 1 is 1.27 bits per heavy atom. The highest BCUT2D eigenvalue weighted by atomic mass is 35.5. The van der Waals surface area contributed by atoms with Crippen molar-refractivity contribution in [3.63, 3.8) is 0 Å². The molecule has 1 aliphatic carbocycles. The Morgan fingerprint density at radius 2 is 2.05 bits per heavy atom. The number of nitrogens with zero attached hydrogens (tertiary/aromatic N) is 2. The number of rotatable bonds is 8. The van der Waals surface area contributed by atoms with E-state index in [0.717, 1.165) is 92.7 Å². The van der Waals surface area contributed by atoms with E-state index in [9.17, 15) is 4.79 Å². The number of aryl methyl sites for hydroxylation is 1. The molecular formula is C30H41ClN4O4S. The van der Waals surface area contributed by atoms with E-state index in [4.69, 9.17) is 25.9 Å². The highest BCUT2D eigenvalue weighted by Gasteiger charge is 2.43. The Bertz CT molecular complexity index is 1160. The molecule has 218 valence electrons. The number of nitrogens with two attached hydrogens (primary N) is 1. The highest BCUT2D eigenvalue weighted by molar-refractivity contribution is 7.98. The van der Waals surface area contributed by atoms with Gasteiger partial charge in [0.25, 0.3) is 0 Å². The molecule has 40 heavy (non-hydrogen) atoms. The van der Waals surface area contributed by atoms with E-state index in [1.165, 1.54) is 23.1 Å². The van der Waals surface area contributed by atoms with E-state index in [1.807, 2.05) is 17.0 Å². The summed E-state index contributed by atoms with van der Waals surface area (Å²) in [7, 11) is 1.78. The second-order valence-electron chi connectivity index (χ2n) is 10.8. The van der Waals surface area contributed by atoms with Crippen LogP contribution in [0.2, 0.25) is 5.02 Å². The van der Waals surface area contributed by atoms with Crippen LogP contribution >= 0.6 is 23.5 Å². The minimum absolute atomic E-state index is 0.00363. The molecule has 0 radical (unpaired) electrons. The summed E-state index contributed by atoms with van der Waals surface area (Å²) in [5.74, 6) is 1.43. The van der Waals surface area contributed by atoms with Gasteiger partial charge < -0.3 is 25.0 Å². The van der Waals surface area contributed by atoms with Gasteiger partial charge in [-0.3, -0.25) is 9.52 Å². The third kappa shape index (κ3) is 7.17. The zero-order valence-electron chi connectivity index (χ0n) is 23.5. The van der Waals surface area contributed by atoms with E-state index in [-0.39, 0.29) is 17.9 Å². The number of carbonyl (C=O) groups excluding carboxylic acids is 2. The zero-order chi connectivity index (χ0) is 28.5. The summed E-state index contributed by atoms with van der Waals surface area (Å²) in [4.78, 5) is 26.5. The van der Waals surface area contributed by atoms with Crippen molar-refractivity contribution >= 4 is 41.7 Å². The number of anilines is 1. The van der Waals surface area contributed by atoms with Crippen molar-refractivity contribution in [2.75, 3.05) is 51.4 Å². The van der Waals surface area contributed by atoms with Crippen LogP contribution in [0.15, 0.2) is 41.3 Å². The van der Waals surface area contributed by atoms with Gasteiger partial charge in [0.1, 0.15) is 5.75 Å². The van der Waals surface area contributed by atoms with Crippen molar-refractivity contribution in [1.29, 1.82) is 0 Å². The van der Waals surface area contributed by atoms with E-state index >= 15 is 0 Å². The number of carbonyl (C=O) groups is 2. The number of urea groups is 1. The molecule has 0 aromatic heterocycles. The maximum absolute atomic E-state index is 12.5. The summed E-state index contributed by atoms with van der Waals surface area (Å²) in [6, 6.07) is 12.6. The number of hydrogen-bond acceptors (Lipinski definition) is 6. The van der Waals surface area contributed by atoms with Gasteiger partial charge >= 0.3 is 6.03 Å². The number of halogens is 1. The van der Waals surface area contributed by atoms with Crippen molar-refractivity contribution in [1.82, 2.24) is 9.62 Å². The van der Waals surface area contributed by atoms with E-state index in [2.05, 4.69) is 46.5 Å². The molecule has 2 heterocycles. The number of likely N-dealkylation sites (tertiary alicyclic amines) is 1. The molecular weight excluding hydrogens is 548 g/mol. The molecule has 3 amide bonds. The molecule has 2 atom stereocenters. The Balaban J connectivity index is 0.00000118. The number of amides is 3. The van der Waals surface area contributed by atoms with Crippen LogP contribution in [-0.4, -0.2) is 63.8 Å². The fourth-order valence-corrected chi connectivity index (χ4v) is 6.85. The minimum Gasteiger partial charge on any atom is -0.490 e. The maximum atomic E-state index is 12.5. The summed E-state index contributed by atoms with van der Waals surface area (Å²) in [5, 5.41) is 0.800. The van der Waals surface area contributed by atoms with Gasteiger partial charge in [0.2, 0.25) is 6.41 Å². The number of hydrogen-bond donors (Lipinski definition) is 2. The van der Waals surface area contributed by atoms with Gasteiger partial charge in [0.15, 0.2) is 0 Å². The molecule has 2 aliphatic heterocycles. The topological polar surface area (TPSA) is 97.1 Å². The molecule has 1 fully saturated rings. The van der Waals surface area contributed by atoms with E-state index in [1.54, 1.807) is 7.11 Å². The molecule has 3 aliphatic rings. The number of primary amides is 1. The summed E-state index contributed by atoms with van der Waals surface area (Å²) in [6.07, 6.45) is 6.64. The van der Waals surface area contributed by atoms with Gasteiger partial charge in [-0.2, -0.15) is 0 Å². The number of ether oxygens (including phenoxy) is 2. The summed E-state index contributed by atoms with van der Waals surface area (Å²) >= 11 is 7.73. The quantitative estimate of drug-likeness (QED) is 0.317. The second-order valence-corrected chi connectivity index (χ2v) is 12.1. The van der Waals surface area contributed by atoms with E-state index < -0.39 is 0 Å². The number of nitrogens with one attached hydrogen (secondary N) is 1. The molecule has 1 spiro atoms. The SMILES string of the molecule is CCC(CCN1CC2(CCc3cc(Cl)ccc32)COc2ccc(SNC(=O)N3CCCC3)cc21)COC.NC=O. The third-order valence-corrected chi connectivity index (χ3v) is 9.22. The lowest BCUT2D eigenvalue weighted by atomic mass is 9.82. The lowest BCUT2D eigenvalue weighted by Gasteiger charge is -2.34. The molecule has 0 bridgehead atoms. The van der Waals surface area contributed by atoms with Crippen LogP contribution in [-0.2, 0) is 21.4 Å². The van der Waals surface area contributed by atoms with Gasteiger partial charge in [-0.25, -0.2) is 4.79 Å². The smallest absolute Gasteiger partial charge is 0.327 e. The normalized spacial score (nSPS) is 20.1. The van der Waals surface area contributed by atoms with Crippen molar-refractivity contribution in [3.8, 4) is 5.75 Å². The second kappa shape index (κ2) is 14.3. The lowest BCUT2D eigenvalue weighted by Crippen LogP contribution is -2.42. The third-order valence-electron chi connectivity index (χ3n) is 8.22. The summed E-state index contributed by atoms with van der Waals surface area (Å²) in [6.45, 7) is 7.17. The average molecular weight is 589 g/mol. The number of fused-ring (bicyclic) bond motifs is 3. The Morgan fingerprint density at radius 3 is 2.77 bits per heavy atom. The molecule has 8 nitrogen and oxygen atoms in total. The van der Waals surface area contributed by atoms with Crippen LogP contribution in [0.25, 0.3) is 0 Å². The van der Waals surface area contributed by atoms with Crippen LogP contribution in [0.4, 0.5) is 10.5 Å². The monoisotopic (exact) mass is 588 g/mol. The number of methoxy groups -OCH3 is 1. The molecule has 10 heteroatoms. The Labute approximate surface area is 247 Å². The van der Waals surface area contributed by atoms with Crippen LogP contribution < -0.4 is 20.1 Å². The molecule has 5 rings (SSSR count). The van der Waals surface area contributed by atoms with Crippen LogP contribution in [0.3, 0.4) is 0 Å². The van der Waals surface area contributed by atoms with Crippen molar-refractivity contribution in [2.45, 2.75) is 55.8 Å². The minimum atomic E-state index is -0.0703. The fourth-order valence-electron chi connectivity index (χ4n) is 6.02. The standard InChI is InChI=1S/C29H38ClN3O3S.CH3NO/c1-3-21(18-35-2)11-15-33-19-29(12-10-22-16-23(30)6-8-25(22)29)20-36-27-9-7-24(17-26(27)33)37-31-28(34)32-13-4-5-14-32;2-1-3/h6-9,16-17,21H,3-5,10-15,18-20H2,1-2H3,(H,31,34);1H,(H2,2,3). The lowest BCUT2D eigenvalue weighted by molar-refractivity contribution is -0.106. The van der Waals surface area contributed by atoms with E-state index in [0.29, 0.717) is 12.5 Å². The fraction of sp³-hybridized carbons (Fsp3) is 0.533. The predicted molar refractivity (Wildman–Crippen MR) is 161 cm³/mol. The Hall–Kier alpha value is -2.62. The van der Waals surface area contributed by atoms with Gasteiger partial charge in [-0.15, -0.1) is 0 Å². The van der Waals surface area contributed by atoms with Gasteiger partial charge in [-0.1, -0.05) is 31.0 Å². The van der Waals surface area contributed by atoms with Gasteiger partial charge in [0, 0.05) is 55.2 Å². The van der Waals surface area contributed by atoms with Crippen LogP contribution in [0.5, 0.6) is 5.75 Å². The van der Waals surface area contributed by atoms with Crippen molar-refractivity contribution < 1.29 is 19.1 Å². The van der Waals surface area contributed by atoms with Crippen molar-refractivity contribution in [2.24, 2.45) is 11.7 Å². The molecule has 2 unspecified atom stereocenters. The molecule has 2 aromatic rings. The molecule has 3 N–H and O–H groups in total. The van der Waals surface area contributed by atoms with Gasteiger partial charge in [-0.05, 0) is 91.4 Å². The van der Waals surface area contributed by atoms with Crippen LogP contribution in [0, 0.1) is 5.92 Å². The average Bonchev–Trinajstić information content (AvgIpc) is 3.58. The zero-order valence-corrected chi connectivity index (χ0v) is 25.1. The predicted octanol–water partition coefficient (Wildman–Crippen LogP) is 5.40.